The Morgan fingerprint density at radius 1 is 1.02 bits per heavy atom. The smallest absolute Gasteiger partial charge is 0.328 e. The van der Waals surface area contributed by atoms with E-state index in [0.29, 0.717) is 41.3 Å². The normalized spacial score (nSPS) is 12.2. The van der Waals surface area contributed by atoms with E-state index < -0.39 is 23.4 Å². The van der Waals surface area contributed by atoms with Crippen molar-refractivity contribution in [3.63, 3.8) is 0 Å². The van der Waals surface area contributed by atoms with Crippen molar-refractivity contribution in [2.45, 2.75) is 33.7 Å². The molecule has 4 aromatic rings. The number of fused-ring (bicyclic) bond motifs is 1. The summed E-state index contributed by atoms with van der Waals surface area (Å²) in [5.74, 6) is -1.87. The number of anilines is 4. The molecule has 1 aliphatic rings. The van der Waals surface area contributed by atoms with Crippen molar-refractivity contribution >= 4 is 34.9 Å². The maximum absolute atomic E-state index is 15.0. The van der Waals surface area contributed by atoms with Crippen LogP contribution < -0.4 is 20.9 Å². The number of nitrogens with one attached hydrogen (secondary N) is 3. The van der Waals surface area contributed by atoms with Gasteiger partial charge in [0.15, 0.2) is 5.82 Å². The van der Waals surface area contributed by atoms with Gasteiger partial charge in [0.1, 0.15) is 23.1 Å². The van der Waals surface area contributed by atoms with E-state index >= 15 is 0 Å². The maximum atomic E-state index is 15.0. The topological polar surface area (TPSA) is 85.4 Å². The van der Waals surface area contributed by atoms with Crippen LogP contribution in [0.4, 0.5) is 41.1 Å². The Hall–Kier alpha value is -4.90. The number of hydrogen-bond acceptors (Lipinski definition) is 6. The second-order valence-electron chi connectivity index (χ2n) is 10.8. The molecule has 3 N–H and O–H groups in total. The first-order valence-electron chi connectivity index (χ1n) is 14.7. The van der Waals surface area contributed by atoms with E-state index in [9.17, 15) is 18.0 Å². The molecule has 1 aliphatic heterocycles. The maximum Gasteiger partial charge on any atom is 0.328 e. The lowest BCUT2D eigenvalue weighted by Crippen LogP contribution is -2.43. The predicted octanol–water partition coefficient (Wildman–Crippen LogP) is 7.70. The minimum atomic E-state index is -0.901. The fraction of sp³-hybridized carbons (Fsp3) is 0.265. The molecule has 2 heterocycles. The Bertz CT molecular complexity index is 1660. The third-order valence-corrected chi connectivity index (χ3v) is 6.80. The Kier molecular flexibility index (Phi) is 10.8. The Morgan fingerprint density at radius 3 is 2.33 bits per heavy atom. The van der Waals surface area contributed by atoms with Crippen molar-refractivity contribution in [2.75, 3.05) is 42.7 Å². The number of urea groups is 1. The van der Waals surface area contributed by atoms with E-state index in [-0.39, 0.29) is 24.1 Å². The minimum absolute atomic E-state index is 0.0481. The van der Waals surface area contributed by atoms with Gasteiger partial charge in [0.2, 0.25) is 5.95 Å². The van der Waals surface area contributed by atoms with Gasteiger partial charge < -0.3 is 20.9 Å². The third-order valence-electron chi connectivity index (χ3n) is 6.80. The van der Waals surface area contributed by atoms with E-state index in [1.165, 1.54) is 24.6 Å². The first-order valence-corrected chi connectivity index (χ1v) is 14.7. The summed E-state index contributed by atoms with van der Waals surface area (Å²) < 4.78 is 43.3. The summed E-state index contributed by atoms with van der Waals surface area (Å²) in [4.78, 5) is 25.4. The molecule has 0 saturated carbocycles. The predicted molar refractivity (Wildman–Crippen MR) is 175 cm³/mol. The molecule has 0 fully saturated rings. The summed E-state index contributed by atoms with van der Waals surface area (Å²) in [5.41, 5.74) is 4.02. The highest BCUT2D eigenvalue weighted by atomic mass is 19.1. The van der Waals surface area contributed by atoms with Crippen LogP contribution in [0.3, 0.4) is 0 Å². The molecule has 8 nitrogen and oxygen atoms in total. The van der Waals surface area contributed by atoms with Gasteiger partial charge in [0, 0.05) is 35.6 Å². The number of carbonyl (C=O) groups excluding carboxylic acids is 1. The number of nitrogens with zero attached hydrogens (tertiary/aromatic N) is 4. The lowest BCUT2D eigenvalue weighted by Gasteiger charge is -2.31. The van der Waals surface area contributed by atoms with Crippen molar-refractivity contribution in [2.24, 2.45) is 0 Å². The van der Waals surface area contributed by atoms with Gasteiger partial charge in [-0.1, -0.05) is 45.0 Å². The van der Waals surface area contributed by atoms with Gasteiger partial charge in [0.05, 0.1) is 12.2 Å². The Morgan fingerprint density at radius 2 is 1.69 bits per heavy atom. The molecule has 0 unspecified atom stereocenters. The second-order valence-corrected chi connectivity index (χ2v) is 10.8. The van der Waals surface area contributed by atoms with E-state index in [4.69, 9.17) is 4.98 Å². The van der Waals surface area contributed by atoms with E-state index in [1.807, 2.05) is 44.1 Å². The Balaban J connectivity index is 0.00000148. The van der Waals surface area contributed by atoms with Crippen LogP contribution in [-0.4, -0.2) is 48.1 Å². The molecule has 45 heavy (non-hydrogen) atoms. The number of likely N-dealkylation sites (N-methyl/N-ethyl adjacent to an activating group) is 1. The molecule has 0 saturated heterocycles. The van der Waals surface area contributed by atoms with Crippen LogP contribution in [0.25, 0.3) is 17.0 Å². The molecule has 0 bridgehead atoms. The fourth-order valence-electron chi connectivity index (χ4n) is 4.61. The third kappa shape index (κ3) is 7.79. The average Bonchev–Trinajstić information content (AvgIpc) is 2.99. The van der Waals surface area contributed by atoms with Crippen LogP contribution >= 0.6 is 0 Å². The van der Waals surface area contributed by atoms with Gasteiger partial charge in [-0.05, 0) is 74.6 Å². The number of rotatable bonds is 9. The average molecular weight is 618 g/mol. The van der Waals surface area contributed by atoms with Crippen LogP contribution in [0.2, 0.25) is 0 Å². The van der Waals surface area contributed by atoms with Crippen LogP contribution in [0.1, 0.15) is 37.0 Å². The summed E-state index contributed by atoms with van der Waals surface area (Å²) in [6, 6.07) is 14.3. The van der Waals surface area contributed by atoms with Gasteiger partial charge >= 0.3 is 6.03 Å². The Labute approximate surface area is 262 Å². The molecule has 3 aromatic carbocycles. The highest BCUT2D eigenvalue weighted by molar-refractivity contribution is 6.02. The van der Waals surface area contributed by atoms with Crippen LogP contribution in [0.5, 0.6) is 0 Å². The summed E-state index contributed by atoms with van der Waals surface area (Å²) in [6.45, 7) is 11.5. The zero-order chi connectivity index (χ0) is 32.7. The molecule has 0 aliphatic carbocycles. The first-order chi connectivity index (χ1) is 21.5. The largest absolute Gasteiger partial charge is 0.356 e. The summed E-state index contributed by atoms with van der Waals surface area (Å²) in [5, 5.41) is 9.07. The van der Waals surface area contributed by atoms with Gasteiger partial charge in [0.25, 0.3) is 0 Å². The highest BCUT2D eigenvalue weighted by Gasteiger charge is 2.34. The van der Waals surface area contributed by atoms with Crippen molar-refractivity contribution < 1.29 is 18.0 Å². The standard InChI is InChI=1S/C31H30F3N7O.C3H8/c1-18-8-9-20(19(2)37-22-12-10-21(32)11-13-22)16-23(18)27-24-17-36-31(42)41(28-25(33)6-5-7-26(28)34)29(24)39-30(38-27)35-14-15-40(3)4;1-3-2/h5-13,16,37H,2,14-15,17H2,1,3-4H3,(H,36,42)(H,35,38,39);3H2,1-2H3. The molecular formula is C34H38F3N7O. The number of hydrogen-bond donors (Lipinski definition) is 3. The molecule has 0 atom stereocenters. The lowest BCUT2D eigenvalue weighted by molar-refractivity contribution is 0.246. The zero-order valence-electron chi connectivity index (χ0n) is 26.1. The molecule has 1 aromatic heterocycles. The van der Waals surface area contributed by atoms with Crippen molar-refractivity contribution in [3.8, 4) is 11.3 Å². The first kappa shape index (κ1) is 33.0. The van der Waals surface area contributed by atoms with Gasteiger partial charge in [-0.25, -0.2) is 27.8 Å². The molecule has 0 radical (unpaired) electrons. The lowest BCUT2D eigenvalue weighted by atomic mass is 9.97. The van der Waals surface area contributed by atoms with Crippen molar-refractivity contribution in [3.05, 3.63) is 101 Å². The summed E-state index contributed by atoms with van der Waals surface area (Å²) >= 11 is 0. The summed E-state index contributed by atoms with van der Waals surface area (Å²) in [7, 11) is 3.85. The summed E-state index contributed by atoms with van der Waals surface area (Å²) in [6.07, 6.45) is 1.25. The highest BCUT2D eigenvalue weighted by Crippen LogP contribution is 2.39. The molecule has 0 spiro atoms. The number of para-hydroxylation sites is 1. The van der Waals surface area contributed by atoms with E-state index in [0.717, 1.165) is 28.2 Å². The van der Waals surface area contributed by atoms with E-state index in [2.05, 4.69) is 41.4 Å². The quantitative estimate of drug-likeness (QED) is 0.179. The number of halogens is 3. The van der Waals surface area contributed by atoms with Crippen molar-refractivity contribution in [1.82, 2.24) is 20.2 Å². The van der Waals surface area contributed by atoms with Gasteiger partial charge in [-0.15, -0.1) is 0 Å². The number of carbonyl (C=O) groups is 1. The second kappa shape index (κ2) is 14.7. The number of aromatic nitrogens is 2. The number of amides is 2. The van der Waals surface area contributed by atoms with Crippen LogP contribution in [-0.2, 0) is 6.54 Å². The molecule has 5 rings (SSSR count). The molecule has 2 amide bonds. The molecule has 236 valence electrons. The molecule has 11 heteroatoms. The minimum Gasteiger partial charge on any atom is -0.356 e. The molecular weight excluding hydrogens is 579 g/mol. The van der Waals surface area contributed by atoms with Crippen LogP contribution in [0.15, 0.2) is 67.2 Å². The van der Waals surface area contributed by atoms with Crippen LogP contribution in [0, 0.1) is 24.4 Å². The monoisotopic (exact) mass is 617 g/mol. The van der Waals surface area contributed by atoms with Gasteiger partial charge in [-0.2, -0.15) is 4.98 Å². The SMILES string of the molecule is C=C(Nc1ccc(F)cc1)c1ccc(C)c(-c2nc(NCCN(C)C)nc3c2CNC(=O)N3c2c(F)cccc2F)c1.CCC. The van der Waals surface area contributed by atoms with E-state index in [1.54, 1.807) is 12.1 Å². The van der Waals surface area contributed by atoms with Gasteiger partial charge in [-0.3, -0.25) is 0 Å². The van der Waals surface area contributed by atoms with Crippen molar-refractivity contribution in [1.29, 1.82) is 0 Å². The fourth-order valence-corrected chi connectivity index (χ4v) is 4.61. The number of aryl methyl sites for hydroxylation is 1. The zero-order valence-corrected chi connectivity index (χ0v) is 26.1. The number of benzene rings is 3.